The topological polar surface area (TPSA) is 91.7 Å². The van der Waals surface area contributed by atoms with Crippen LogP contribution >= 0.6 is 0 Å². The van der Waals surface area contributed by atoms with Crippen LogP contribution in [0.3, 0.4) is 0 Å². The number of nitrogens with one attached hydrogen (secondary N) is 2. The molecule has 1 unspecified atom stereocenters. The van der Waals surface area contributed by atoms with E-state index in [1.54, 1.807) is 29.3 Å². The minimum absolute atomic E-state index is 0.0816. The molecule has 0 aliphatic carbocycles. The van der Waals surface area contributed by atoms with Crippen molar-refractivity contribution < 1.29 is 4.79 Å². The molecule has 8 heteroatoms. The number of H-pyrrole nitrogens is 1. The van der Waals surface area contributed by atoms with Crippen molar-refractivity contribution in [3.63, 3.8) is 0 Å². The summed E-state index contributed by atoms with van der Waals surface area (Å²) in [5, 5.41) is 7.23. The van der Waals surface area contributed by atoms with Crippen LogP contribution in [-0.2, 0) is 7.05 Å². The van der Waals surface area contributed by atoms with Crippen LogP contribution < -0.4 is 10.2 Å². The Hall–Kier alpha value is -3.16. The molecule has 0 saturated carbocycles. The normalized spacial score (nSPS) is 17.0. The highest BCUT2D eigenvalue weighted by Gasteiger charge is 2.26. The molecule has 3 aromatic rings. The Kier molecular flexibility index (Phi) is 3.93. The van der Waals surface area contributed by atoms with Crippen LogP contribution in [0.25, 0.3) is 11.3 Å². The maximum Gasteiger partial charge on any atom is 0.267 e. The van der Waals surface area contributed by atoms with Gasteiger partial charge in [-0.15, -0.1) is 0 Å². The smallest absolute Gasteiger partial charge is 0.267 e. The van der Waals surface area contributed by atoms with Crippen LogP contribution in [0.1, 0.15) is 16.9 Å². The summed E-state index contributed by atoms with van der Waals surface area (Å²) >= 11 is 0. The molecule has 1 fully saturated rings. The van der Waals surface area contributed by atoms with Crippen molar-refractivity contribution in [1.82, 2.24) is 30.0 Å². The quantitative estimate of drug-likeness (QED) is 0.747. The Morgan fingerprint density at radius 1 is 1.40 bits per heavy atom. The van der Waals surface area contributed by atoms with Gasteiger partial charge in [0, 0.05) is 50.3 Å². The number of hydrogen-bond donors (Lipinski definition) is 2. The number of amides is 1. The zero-order valence-electron chi connectivity index (χ0n) is 13.9. The second-order valence-electron chi connectivity index (χ2n) is 6.13. The molecule has 3 aromatic heterocycles. The lowest BCUT2D eigenvalue weighted by atomic mass is 10.2. The molecule has 0 spiro atoms. The molecule has 25 heavy (non-hydrogen) atoms. The van der Waals surface area contributed by atoms with Crippen LogP contribution in [-0.4, -0.2) is 49.8 Å². The monoisotopic (exact) mass is 337 g/mol. The van der Waals surface area contributed by atoms with Crippen LogP contribution in [0.15, 0.2) is 43.0 Å². The van der Waals surface area contributed by atoms with E-state index in [-0.39, 0.29) is 11.9 Å². The number of carbonyl (C=O) groups is 1. The van der Waals surface area contributed by atoms with Crippen LogP contribution in [0.2, 0.25) is 0 Å². The Morgan fingerprint density at radius 3 is 3.08 bits per heavy atom. The first-order chi connectivity index (χ1) is 12.2. The lowest BCUT2D eigenvalue weighted by Crippen LogP contribution is -2.37. The first-order valence-electron chi connectivity index (χ1n) is 8.20. The zero-order chi connectivity index (χ0) is 17.2. The van der Waals surface area contributed by atoms with Crippen molar-refractivity contribution in [1.29, 1.82) is 0 Å². The molecule has 1 aliphatic rings. The molecule has 1 aliphatic heterocycles. The van der Waals surface area contributed by atoms with Crippen molar-refractivity contribution in [2.45, 2.75) is 12.5 Å². The fourth-order valence-electron chi connectivity index (χ4n) is 3.01. The fraction of sp³-hybridized carbons (Fsp3) is 0.294. The summed E-state index contributed by atoms with van der Waals surface area (Å²) < 4.78 is 1.75. The Morgan fingerprint density at radius 2 is 2.32 bits per heavy atom. The molecule has 4 rings (SSSR count). The average Bonchev–Trinajstić information content (AvgIpc) is 3.36. The van der Waals surface area contributed by atoms with Gasteiger partial charge in [-0.25, -0.2) is 9.97 Å². The van der Waals surface area contributed by atoms with Gasteiger partial charge in [0.05, 0.1) is 11.9 Å². The number of aryl methyl sites for hydroxylation is 1. The van der Waals surface area contributed by atoms with Gasteiger partial charge in [-0.3, -0.25) is 9.48 Å². The molecule has 1 atom stereocenters. The van der Waals surface area contributed by atoms with Crippen molar-refractivity contribution in [2.75, 3.05) is 18.0 Å². The van der Waals surface area contributed by atoms with Gasteiger partial charge >= 0.3 is 0 Å². The van der Waals surface area contributed by atoms with Gasteiger partial charge in [0.15, 0.2) is 0 Å². The Balaban J connectivity index is 1.44. The van der Waals surface area contributed by atoms with E-state index in [2.05, 4.69) is 30.3 Å². The van der Waals surface area contributed by atoms with Gasteiger partial charge in [0.1, 0.15) is 5.69 Å². The van der Waals surface area contributed by atoms with Crippen molar-refractivity contribution in [3.05, 3.63) is 48.7 Å². The molecule has 0 aromatic carbocycles. The van der Waals surface area contributed by atoms with Crippen molar-refractivity contribution >= 4 is 11.9 Å². The van der Waals surface area contributed by atoms with E-state index < -0.39 is 0 Å². The number of anilines is 1. The van der Waals surface area contributed by atoms with E-state index in [4.69, 9.17) is 0 Å². The maximum atomic E-state index is 12.1. The Labute approximate surface area is 144 Å². The molecule has 1 saturated heterocycles. The van der Waals surface area contributed by atoms with Gasteiger partial charge in [0.25, 0.3) is 5.91 Å². The van der Waals surface area contributed by atoms with E-state index >= 15 is 0 Å². The number of carbonyl (C=O) groups excluding carboxylic acids is 1. The first-order valence-corrected chi connectivity index (χ1v) is 8.20. The highest BCUT2D eigenvalue weighted by atomic mass is 16.2. The number of rotatable bonds is 4. The minimum Gasteiger partial charge on any atom is -0.357 e. The maximum absolute atomic E-state index is 12.1. The van der Waals surface area contributed by atoms with E-state index in [1.807, 2.05) is 25.4 Å². The lowest BCUT2D eigenvalue weighted by molar-refractivity contribution is 0.0936. The lowest BCUT2D eigenvalue weighted by Gasteiger charge is -2.17. The standard InChI is InChI=1S/C17H19N7O/c1-23-10-12(9-20-23)14-4-7-19-17(22-14)24-8-5-13(11-24)21-16(25)15-3-2-6-18-15/h2-4,6-7,9-10,13,18H,5,8,11H2,1H3,(H,21,25). The molecular formula is C17H19N7O. The molecule has 0 bridgehead atoms. The highest BCUT2D eigenvalue weighted by molar-refractivity contribution is 5.92. The van der Waals surface area contributed by atoms with Gasteiger partial charge < -0.3 is 15.2 Å². The summed E-state index contributed by atoms with van der Waals surface area (Å²) in [5.74, 6) is 0.597. The second-order valence-corrected chi connectivity index (χ2v) is 6.13. The van der Waals surface area contributed by atoms with Gasteiger partial charge in [-0.2, -0.15) is 5.10 Å². The summed E-state index contributed by atoms with van der Waals surface area (Å²) in [6.07, 6.45) is 8.08. The number of hydrogen-bond acceptors (Lipinski definition) is 5. The molecule has 0 radical (unpaired) electrons. The van der Waals surface area contributed by atoms with E-state index in [0.29, 0.717) is 18.2 Å². The molecule has 1 amide bonds. The molecule has 2 N–H and O–H groups in total. The molecule has 8 nitrogen and oxygen atoms in total. The predicted molar refractivity (Wildman–Crippen MR) is 93.1 cm³/mol. The van der Waals surface area contributed by atoms with Crippen LogP contribution in [0.5, 0.6) is 0 Å². The summed E-state index contributed by atoms with van der Waals surface area (Å²) in [6.45, 7) is 1.51. The first kappa shape index (κ1) is 15.4. The van der Waals surface area contributed by atoms with Gasteiger partial charge in [0.2, 0.25) is 5.95 Å². The third-order valence-corrected chi connectivity index (χ3v) is 4.29. The molecular weight excluding hydrogens is 318 g/mol. The Bertz CT molecular complexity index is 871. The second kappa shape index (κ2) is 6.39. The summed E-state index contributed by atoms with van der Waals surface area (Å²) in [4.78, 5) is 26.2. The average molecular weight is 337 g/mol. The van der Waals surface area contributed by atoms with E-state index in [9.17, 15) is 4.79 Å². The van der Waals surface area contributed by atoms with Gasteiger partial charge in [-0.05, 0) is 24.6 Å². The van der Waals surface area contributed by atoms with Gasteiger partial charge in [-0.1, -0.05) is 0 Å². The van der Waals surface area contributed by atoms with Crippen LogP contribution in [0, 0.1) is 0 Å². The number of aromatic nitrogens is 5. The minimum atomic E-state index is -0.0816. The van der Waals surface area contributed by atoms with E-state index in [0.717, 1.165) is 24.2 Å². The summed E-state index contributed by atoms with van der Waals surface area (Å²) in [6, 6.07) is 5.54. The SMILES string of the molecule is Cn1cc(-c2ccnc(N3CCC(NC(=O)c4ccc[nH]4)C3)n2)cn1. The molecule has 128 valence electrons. The predicted octanol–water partition coefficient (Wildman–Crippen LogP) is 1.21. The molecule has 4 heterocycles. The van der Waals surface area contributed by atoms with Crippen molar-refractivity contribution in [3.8, 4) is 11.3 Å². The highest BCUT2D eigenvalue weighted by Crippen LogP contribution is 2.21. The summed E-state index contributed by atoms with van der Waals surface area (Å²) in [5.41, 5.74) is 2.38. The van der Waals surface area contributed by atoms with Crippen molar-refractivity contribution in [2.24, 2.45) is 7.05 Å². The third kappa shape index (κ3) is 3.23. The number of nitrogens with zero attached hydrogens (tertiary/aromatic N) is 5. The van der Waals surface area contributed by atoms with Crippen LogP contribution in [0.4, 0.5) is 5.95 Å². The fourth-order valence-corrected chi connectivity index (χ4v) is 3.01. The third-order valence-electron chi connectivity index (χ3n) is 4.29. The largest absolute Gasteiger partial charge is 0.357 e. The summed E-state index contributed by atoms with van der Waals surface area (Å²) in [7, 11) is 1.88. The zero-order valence-corrected chi connectivity index (χ0v) is 13.9. The number of aromatic amines is 1. The van der Waals surface area contributed by atoms with E-state index in [1.165, 1.54) is 0 Å².